The van der Waals surface area contributed by atoms with E-state index in [1.807, 2.05) is 65.0 Å². The summed E-state index contributed by atoms with van der Waals surface area (Å²) in [6.07, 6.45) is 0.387. The number of aryl methyl sites for hydroxylation is 3. The van der Waals surface area contributed by atoms with Gasteiger partial charge in [0, 0.05) is 13.1 Å². The molecule has 8 heteroatoms. The third-order valence-corrected chi connectivity index (χ3v) is 8.39. The summed E-state index contributed by atoms with van der Waals surface area (Å²) in [5.41, 5.74) is 4.26. The topological polar surface area (TPSA) is 86.8 Å². The number of carbonyl (C=O) groups excluding carboxylic acids is 2. The zero-order valence-electron chi connectivity index (χ0n) is 22.8. The first-order valence-corrected chi connectivity index (χ1v) is 14.3. The number of carbonyl (C=O) groups is 2. The summed E-state index contributed by atoms with van der Waals surface area (Å²) in [4.78, 5) is 28.5. The van der Waals surface area contributed by atoms with E-state index in [9.17, 15) is 18.0 Å². The van der Waals surface area contributed by atoms with Gasteiger partial charge in [0.1, 0.15) is 12.6 Å². The molecule has 202 valence electrons. The Morgan fingerprint density at radius 1 is 0.868 bits per heavy atom. The average Bonchev–Trinajstić information content (AvgIpc) is 2.90. The van der Waals surface area contributed by atoms with Gasteiger partial charge in [-0.2, -0.15) is 0 Å². The van der Waals surface area contributed by atoms with Crippen LogP contribution < -0.4 is 9.62 Å². The lowest BCUT2D eigenvalue weighted by Gasteiger charge is -2.33. The van der Waals surface area contributed by atoms with Gasteiger partial charge in [-0.05, 0) is 75.1 Å². The molecule has 0 bridgehead atoms. The van der Waals surface area contributed by atoms with E-state index in [1.165, 1.54) is 17.0 Å². The van der Waals surface area contributed by atoms with Gasteiger partial charge in [-0.15, -0.1) is 0 Å². The maximum Gasteiger partial charge on any atom is 0.264 e. The number of amides is 2. The monoisotopic (exact) mass is 535 g/mol. The summed E-state index contributed by atoms with van der Waals surface area (Å²) < 4.78 is 28.8. The highest BCUT2D eigenvalue weighted by molar-refractivity contribution is 7.92. The van der Waals surface area contributed by atoms with Crippen LogP contribution in [0, 0.1) is 20.8 Å². The summed E-state index contributed by atoms with van der Waals surface area (Å²) in [6, 6.07) is 20.4. The Morgan fingerprint density at radius 3 is 2.11 bits per heavy atom. The highest BCUT2D eigenvalue weighted by Crippen LogP contribution is 2.26. The van der Waals surface area contributed by atoms with Crippen molar-refractivity contribution < 1.29 is 18.0 Å². The number of rotatable bonds is 11. The fourth-order valence-corrected chi connectivity index (χ4v) is 5.66. The van der Waals surface area contributed by atoms with Crippen LogP contribution in [0.25, 0.3) is 0 Å². The summed E-state index contributed by atoms with van der Waals surface area (Å²) in [6.45, 7) is 9.66. The number of hydrogen-bond acceptors (Lipinski definition) is 4. The van der Waals surface area contributed by atoms with Gasteiger partial charge in [0.15, 0.2) is 0 Å². The first-order chi connectivity index (χ1) is 18.1. The summed E-state index contributed by atoms with van der Waals surface area (Å²) >= 11 is 0. The van der Waals surface area contributed by atoms with E-state index < -0.39 is 28.5 Å². The molecule has 0 fully saturated rings. The van der Waals surface area contributed by atoms with Crippen molar-refractivity contribution in [2.24, 2.45) is 0 Å². The summed E-state index contributed by atoms with van der Waals surface area (Å²) in [5, 5.41) is 2.82. The zero-order chi connectivity index (χ0) is 27.9. The Hall–Kier alpha value is -3.65. The zero-order valence-corrected chi connectivity index (χ0v) is 23.6. The predicted octanol–water partition coefficient (Wildman–Crippen LogP) is 4.75. The van der Waals surface area contributed by atoms with Gasteiger partial charge in [0.25, 0.3) is 10.0 Å². The molecule has 3 rings (SSSR count). The van der Waals surface area contributed by atoms with E-state index in [-0.39, 0.29) is 17.3 Å². The second-order valence-electron chi connectivity index (χ2n) is 9.42. The number of sulfonamides is 1. The fraction of sp³-hybridized carbons (Fsp3) is 0.333. The molecule has 0 unspecified atom stereocenters. The third-order valence-electron chi connectivity index (χ3n) is 6.60. The predicted molar refractivity (Wildman–Crippen MR) is 151 cm³/mol. The molecule has 0 saturated heterocycles. The van der Waals surface area contributed by atoms with E-state index in [1.54, 1.807) is 30.3 Å². The quantitative estimate of drug-likeness (QED) is 0.384. The molecular weight excluding hydrogens is 498 g/mol. The third kappa shape index (κ3) is 6.81. The molecule has 1 N–H and O–H groups in total. The van der Waals surface area contributed by atoms with Crippen LogP contribution in [0.3, 0.4) is 0 Å². The summed E-state index contributed by atoms with van der Waals surface area (Å²) in [5.74, 6) is -0.722. The minimum absolute atomic E-state index is 0.0897. The molecule has 0 aliphatic heterocycles. The number of likely N-dealkylation sites (N-methyl/N-ethyl adjacent to an activating group) is 1. The molecule has 0 spiro atoms. The summed E-state index contributed by atoms with van der Waals surface area (Å²) in [7, 11) is -4.07. The van der Waals surface area contributed by atoms with Crippen molar-refractivity contribution in [3.63, 3.8) is 0 Å². The first-order valence-electron chi connectivity index (χ1n) is 12.9. The molecule has 0 aliphatic rings. The maximum absolute atomic E-state index is 14.0. The lowest BCUT2D eigenvalue weighted by Crippen LogP contribution is -2.52. The van der Waals surface area contributed by atoms with Crippen molar-refractivity contribution in [1.29, 1.82) is 0 Å². The molecule has 0 heterocycles. The average molecular weight is 536 g/mol. The van der Waals surface area contributed by atoms with E-state index in [4.69, 9.17) is 0 Å². The Bertz CT molecular complexity index is 1360. The van der Waals surface area contributed by atoms with Crippen molar-refractivity contribution in [3.05, 3.63) is 95.1 Å². The van der Waals surface area contributed by atoms with Gasteiger partial charge in [-0.1, -0.05) is 61.0 Å². The highest BCUT2D eigenvalue weighted by Gasteiger charge is 2.33. The van der Waals surface area contributed by atoms with Crippen LogP contribution in [0.1, 0.15) is 42.5 Å². The van der Waals surface area contributed by atoms with Crippen molar-refractivity contribution >= 4 is 27.5 Å². The number of hydrogen-bond donors (Lipinski definition) is 1. The number of nitrogens with one attached hydrogen (secondary N) is 1. The van der Waals surface area contributed by atoms with E-state index in [2.05, 4.69) is 5.32 Å². The van der Waals surface area contributed by atoms with Crippen LogP contribution in [-0.4, -0.2) is 44.3 Å². The normalized spacial score (nSPS) is 12.0. The smallest absolute Gasteiger partial charge is 0.264 e. The highest BCUT2D eigenvalue weighted by atomic mass is 32.2. The second kappa shape index (κ2) is 12.7. The minimum Gasteiger partial charge on any atom is -0.355 e. The van der Waals surface area contributed by atoms with Crippen LogP contribution in [-0.2, 0) is 26.2 Å². The van der Waals surface area contributed by atoms with Gasteiger partial charge in [-0.3, -0.25) is 13.9 Å². The molecule has 38 heavy (non-hydrogen) atoms. The lowest BCUT2D eigenvalue weighted by molar-refractivity contribution is -0.140. The Balaban J connectivity index is 2.06. The van der Waals surface area contributed by atoms with Crippen molar-refractivity contribution in [3.8, 4) is 0 Å². The number of anilines is 1. The van der Waals surface area contributed by atoms with E-state index in [0.717, 1.165) is 26.6 Å². The van der Waals surface area contributed by atoms with Gasteiger partial charge in [0.2, 0.25) is 11.8 Å². The molecule has 3 aromatic carbocycles. The first kappa shape index (κ1) is 28.9. The van der Waals surface area contributed by atoms with Crippen LogP contribution in [0.15, 0.2) is 77.7 Å². The molecule has 0 aliphatic carbocycles. The maximum atomic E-state index is 14.0. The van der Waals surface area contributed by atoms with Gasteiger partial charge >= 0.3 is 0 Å². The van der Waals surface area contributed by atoms with E-state index in [0.29, 0.717) is 18.7 Å². The molecular formula is C30H37N3O4S. The fourth-order valence-electron chi connectivity index (χ4n) is 4.23. The van der Waals surface area contributed by atoms with Crippen molar-refractivity contribution in [2.45, 2.75) is 58.5 Å². The largest absolute Gasteiger partial charge is 0.355 e. The van der Waals surface area contributed by atoms with Crippen LogP contribution >= 0.6 is 0 Å². The minimum atomic E-state index is -4.07. The molecule has 1 atom stereocenters. The molecule has 3 aromatic rings. The van der Waals surface area contributed by atoms with Gasteiger partial charge < -0.3 is 10.2 Å². The number of benzene rings is 3. The molecule has 0 radical (unpaired) electrons. The van der Waals surface area contributed by atoms with Crippen LogP contribution in [0.2, 0.25) is 0 Å². The Morgan fingerprint density at radius 2 is 1.53 bits per heavy atom. The Labute approximate surface area is 226 Å². The standard InChI is InChI=1S/C30H37N3O4S/c1-6-28(30(35)31-7-2)32(20-25-16-13-22(3)14-17-25)29(34)21-33(26-18-15-23(4)24(5)19-26)38(36,37)27-11-9-8-10-12-27/h8-19,28H,6-7,20-21H2,1-5H3,(H,31,35)/t28-/m1/s1. The van der Waals surface area contributed by atoms with Crippen LogP contribution in [0.5, 0.6) is 0 Å². The molecule has 2 amide bonds. The number of nitrogens with zero attached hydrogens (tertiary/aromatic N) is 2. The Kier molecular flexibility index (Phi) is 9.69. The van der Waals surface area contributed by atoms with Crippen molar-refractivity contribution in [2.75, 3.05) is 17.4 Å². The van der Waals surface area contributed by atoms with Crippen molar-refractivity contribution in [1.82, 2.24) is 10.2 Å². The lowest BCUT2D eigenvalue weighted by atomic mass is 10.1. The SMILES string of the molecule is CCNC(=O)[C@@H](CC)N(Cc1ccc(C)cc1)C(=O)CN(c1ccc(C)c(C)c1)S(=O)(=O)c1ccccc1. The van der Waals surface area contributed by atoms with Gasteiger partial charge in [-0.25, -0.2) is 8.42 Å². The van der Waals surface area contributed by atoms with E-state index >= 15 is 0 Å². The van der Waals surface area contributed by atoms with Gasteiger partial charge in [0.05, 0.1) is 10.6 Å². The molecule has 7 nitrogen and oxygen atoms in total. The molecule has 0 aromatic heterocycles. The van der Waals surface area contributed by atoms with Crippen LogP contribution in [0.4, 0.5) is 5.69 Å². The second-order valence-corrected chi connectivity index (χ2v) is 11.3. The molecule has 0 saturated carbocycles.